The van der Waals surface area contributed by atoms with Gasteiger partial charge in [-0.15, -0.1) is 0 Å². The van der Waals surface area contributed by atoms with Gasteiger partial charge in [-0.25, -0.2) is 19.6 Å². The number of carbonyl (C=O) groups excluding carboxylic acids is 1. The summed E-state index contributed by atoms with van der Waals surface area (Å²) in [6.07, 6.45) is 3.89. The third-order valence-electron chi connectivity index (χ3n) is 5.45. The highest BCUT2D eigenvalue weighted by Crippen LogP contribution is 2.32. The van der Waals surface area contributed by atoms with Gasteiger partial charge < -0.3 is 16.4 Å². The van der Waals surface area contributed by atoms with E-state index in [1.807, 2.05) is 22.9 Å². The van der Waals surface area contributed by atoms with E-state index in [1.165, 1.54) is 18.6 Å². The Bertz CT molecular complexity index is 1350. The zero-order chi connectivity index (χ0) is 22.1. The number of amides is 1. The molecule has 158 valence electrons. The fraction of sp³-hybridized carbons (Fsp3) is 0.182. The van der Waals surface area contributed by atoms with Crippen LogP contribution in [0.1, 0.15) is 28.4 Å². The zero-order valence-corrected chi connectivity index (χ0v) is 17.0. The van der Waals surface area contributed by atoms with Crippen LogP contribution in [0.5, 0.6) is 0 Å². The molecule has 0 bridgehead atoms. The standard InChI is InChI=1S/C22H19N9O/c23-10-13-5-8-26-17(9-13)29-22(32)15-3-1-14(2-4-15)19-18-20(24)27-12-28-21(18)31(30-19)16-6-7-25-11-16/h1-5,8-9,12,16,25H,6-7,11H2,(H2,24,27,28)(H,26,29,32). The lowest BCUT2D eigenvalue weighted by Gasteiger charge is -2.09. The second kappa shape index (κ2) is 8.05. The average Bonchev–Trinajstić information content (AvgIpc) is 3.48. The molecule has 1 amide bonds. The van der Waals surface area contributed by atoms with E-state index in [0.29, 0.717) is 39.5 Å². The second-order valence-electron chi connectivity index (χ2n) is 7.47. The molecule has 1 fully saturated rings. The van der Waals surface area contributed by atoms with Crippen molar-refractivity contribution in [2.75, 3.05) is 24.1 Å². The lowest BCUT2D eigenvalue weighted by Crippen LogP contribution is -2.15. The molecule has 0 saturated carbocycles. The molecule has 5 rings (SSSR count). The molecule has 1 aliphatic rings. The van der Waals surface area contributed by atoms with Crippen LogP contribution in [0.4, 0.5) is 11.6 Å². The minimum atomic E-state index is -0.325. The Kier molecular flexibility index (Phi) is 4.93. The van der Waals surface area contributed by atoms with Crippen LogP contribution in [0.2, 0.25) is 0 Å². The normalized spacial score (nSPS) is 15.5. The van der Waals surface area contributed by atoms with Crippen molar-refractivity contribution in [2.24, 2.45) is 0 Å². The predicted molar refractivity (Wildman–Crippen MR) is 119 cm³/mol. The first-order valence-electron chi connectivity index (χ1n) is 10.1. The van der Waals surface area contributed by atoms with E-state index in [0.717, 1.165) is 25.1 Å². The lowest BCUT2D eigenvalue weighted by molar-refractivity contribution is 0.102. The van der Waals surface area contributed by atoms with Crippen LogP contribution in [0.15, 0.2) is 48.9 Å². The summed E-state index contributed by atoms with van der Waals surface area (Å²) in [5.41, 5.74) is 9.24. The minimum absolute atomic E-state index is 0.197. The van der Waals surface area contributed by atoms with E-state index in [4.69, 9.17) is 16.1 Å². The third kappa shape index (κ3) is 3.51. The van der Waals surface area contributed by atoms with Crippen LogP contribution in [0.3, 0.4) is 0 Å². The molecule has 1 aromatic carbocycles. The molecule has 0 radical (unpaired) electrons. The van der Waals surface area contributed by atoms with Gasteiger partial charge in [0, 0.05) is 23.9 Å². The molecule has 1 atom stereocenters. The first-order valence-corrected chi connectivity index (χ1v) is 10.1. The number of nitrogens with zero attached hydrogens (tertiary/aromatic N) is 6. The monoisotopic (exact) mass is 425 g/mol. The van der Waals surface area contributed by atoms with Crippen molar-refractivity contribution in [3.63, 3.8) is 0 Å². The fourth-order valence-electron chi connectivity index (χ4n) is 3.84. The highest BCUT2D eigenvalue weighted by atomic mass is 16.1. The topological polar surface area (TPSA) is 147 Å². The van der Waals surface area contributed by atoms with E-state index in [2.05, 4.69) is 25.6 Å². The van der Waals surface area contributed by atoms with Crippen LogP contribution in [0.25, 0.3) is 22.3 Å². The molecule has 4 heterocycles. The van der Waals surface area contributed by atoms with E-state index in [9.17, 15) is 4.79 Å². The molecule has 3 aromatic heterocycles. The van der Waals surface area contributed by atoms with E-state index < -0.39 is 0 Å². The molecule has 1 unspecified atom stereocenters. The van der Waals surface area contributed by atoms with Crippen LogP contribution in [-0.2, 0) is 0 Å². The number of rotatable bonds is 4. The summed E-state index contributed by atoms with van der Waals surface area (Å²) in [5.74, 6) is 0.361. The third-order valence-corrected chi connectivity index (χ3v) is 5.45. The summed E-state index contributed by atoms with van der Waals surface area (Å²) < 4.78 is 1.91. The van der Waals surface area contributed by atoms with Gasteiger partial charge >= 0.3 is 0 Å². The van der Waals surface area contributed by atoms with Gasteiger partial charge in [0.05, 0.1) is 23.1 Å². The average molecular weight is 425 g/mol. The first kappa shape index (κ1) is 19.6. The number of nitrogens with two attached hydrogens (primary N) is 1. The molecule has 4 aromatic rings. The molecule has 10 heteroatoms. The largest absolute Gasteiger partial charge is 0.383 e. The maximum Gasteiger partial charge on any atom is 0.256 e. The summed E-state index contributed by atoms with van der Waals surface area (Å²) in [7, 11) is 0. The van der Waals surface area contributed by atoms with Crippen molar-refractivity contribution in [3.05, 3.63) is 60.0 Å². The van der Waals surface area contributed by atoms with E-state index >= 15 is 0 Å². The molecule has 0 aliphatic carbocycles. The Morgan fingerprint density at radius 2 is 2.06 bits per heavy atom. The number of aromatic nitrogens is 5. The number of pyridine rings is 1. The van der Waals surface area contributed by atoms with Gasteiger partial charge in [0.2, 0.25) is 0 Å². The predicted octanol–water partition coefficient (Wildman–Crippen LogP) is 2.13. The Labute approximate surface area is 183 Å². The van der Waals surface area contributed by atoms with Gasteiger partial charge in [0.25, 0.3) is 5.91 Å². The summed E-state index contributed by atoms with van der Waals surface area (Å²) in [6.45, 7) is 1.75. The highest BCUT2D eigenvalue weighted by Gasteiger charge is 2.24. The quantitative estimate of drug-likeness (QED) is 0.450. The fourth-order valence-corrected chi connectivity index (χ4v) is 3.84. The van der Waals surface area contributed by atoms with Crippen molar-refractivity contribution in [3.8, 4) is 17.3 Å². The number of fused-ring (bicyclic) bond motifs is 1. The van der Waals surface area contributed by atoms with Gasteiger partial charge in [-0.05, 0) is 37.2 Å². The van der Waals surface area contributed by atoms with Gasteiger partial charge in [-0.3, -0.25) is 4.79 Å². The molecule has 32 heavy (non-hydrogen) atoms. The Hall–Kier alpha value is -4.36. The maximum atomic E-state index is 12.6. The number of nitrogen functional groups attached to an aromatic ring is 1. The van der Waals surface area contributed by atoms with Crippen LogP contribution >= 0.6 is 0 Å². The number of nitriles is 1. The van der Waals surface area contributed by atoms with Crippen LogP contribution in [-0.4, -0.2) is 43.7 Å². The lowest BCUT2D eigenvalue weighted by atomic mass is 10.1. The van der Waals surface area contributed by atoms with Crippen molar-refractivity contribution in [2.45, 2.75) is 12.5 Å². The molecular weight excluding hydrogens is 406 g/mol. The van der Waals surface area contributed by atoms with E-state index in [-0.39, 0.29) is 11.9 Å². The first-order chi connectivity index (χ1) is 15.6. The van der Waals surface area contributed by atoms with Gasteiger partial charge in [0.1, 0.15) is 23.7 Å². The SMILES string of the molecule is N#Cc1ccnc(NC(=O)c2ccc(-c3nn(C4CCNC4)c4ncnc(N)c34)cc2)c1. The van der Waals surface area contributed by atoms with Crippen molar-refractivity contribution >= 4 is 28.6 Å². The molecule has 10 nitrogen and oxygen atoms in total. The molecule has 4 N–H and O–H groups in total. The minimum Gasteiger partial charge on any atom is -0.383 e. The summed E-state index contributed by atoms with van der Waals surface area (Å²) >= 11 is 0. The number of hydrogen-bond donors (Lipinski definition) is 3. The maximum absolute atomic E-state index is 12.6. The van der Waals surface area contributed by atoms with Crippen molar-refractivity contribution < 1.29 is 4.79 Å². The summed E-state index contributed by atoms with van der Waals surface area (Å²) in [4.78, 5) is 25.2. The van der Waals surface area contributed by atoms with Gasteiger partial charge in [-0.2, -0.15) is 10.4 Å². The Morgan fingerprint density at radius 1 is 1.22 bits per heavy atom. The van der Waals surface area contributed by atoms with Gasteiger partial charge in [-0.1, -0.05) is 12.1 Å². The molecular formula is C22H19N9O. The highest BCUT2D eigenvalue weighted by molar-refractivity contribution is 6.04. The van der Waals surface area contributed by atoms with E-state index in [1.54, 1.807) is 18.2 Å². The van der Waals surface area contributed by atoms with Crippen LogP contribution < -0.4 is 16.4 Å². The second-order valence-corrected chi connectivity index (χ2v) is 7.47. The smallest absolute Gasteiger partial charge is 0.256 e. The van der Waals surface area contributed by atoms with Crippen molar-refractivity contribution in [1.29, 1.82) is 5.26 Å². The number of nitrogens with one attached hydrogen (secondary N) is 2. The molecule has 1 aliphatic heterocycles. The number of hydrogen-bond acceptors (Lipinski definition) is 8. The number of benzene rings is 1. The summed E-state index contributed by atoms with van der Waals surface area (Å²) in [6, 6.07) is 12.4. The molecule has 0 spiro atoms. The van der Waals surface area contributed by atoms with Crippen LogP contribution in [0, 0.1) is 11.3 Å². The van der Waals surface area contributed by atoms with Gasteiger partial charge in [0.15, 0.2) is 5.65 Å². The molecule has 1 saturated heterocycles. The van der Waals surface area contributed by atoms with Crippen molar-refractivity contribution in [1.82, 2.24) is 30.0 Å². The zero-order valence-electron chi connectivity index (χ0n) is 17.0. The Balaban J connectivity index is 1.46. The number of carbonyl (C=O) groups is 1. The number of anilines is 2. The summed E-state index contributed by atoms with van der Waals surface area (Å²) in [5, 5.41) is 20.6. The Morgan fingerprint density at radius 3 is 2.81 bits per heavy atom.